The number of rotatable bonds is 0. The van der Waals surface area contributed by atoms with Crippen molar-refractivity contribution < 1.29 is 0 Å². The maximum absolute atomic E-state index is 3.57. The highest BCUT2D eigenvalue weighted by Gasteiger charge is 2.63. The van der Waals surface area contributed by atoms with Crippen LogP contribution in [0.4, 0.5) is 0 Å². The van der Waals surface area contributed by atoms with E-state index in [0.717, 1.165) is 10.8 Å². The Kier molecular flexibility index (Phi) is 0.797. The minimum atomic E-state index is 0.812. The molecule has 1 heterocycles. The van der Waals surface area contributed by atoms with Crippen molar-refractivity contribution in [1.29, 1.82) is 0 Å². The average molecular weight is 137 g/mol. The Morgan fingerprint density at radius 3 is 1.90 bits per heavy atom. The van der Waals surface area contributed by atoms with Crippen LogP contribution in [0.3, 0.4) is 0 Å². The van der Waals surface area contributed by atoms with Crippen LogP contribution >= 0.6 is 0 Å². The van der Waals surface area contributed by atoms with Crippen LogP contribution in [0.2, 0.25) is 0 Å². The zero-order valence-electron chi connectivity index (χ0n) is 6.45. The highest BCUT2D eigenvalue weighted by atomic mass is 15.0. The van der Waals surface area contributed by atoms with Crippen molar-refractivity contribution >= 4 is 0 Å². The quantitative estimate of drug-likeness (QED) is 0.534. The fourth-order valence-electron chi connectivity index (χ4n) is 3.65. The van der Waals surface area contributed by atoms with E-state index in [1.165, 1.54) is 45.2 Å². The van der Waals surface area contributed by atoms with Crippen molar-refractivity contribution in [2.24, 2.45) is 10.8 Å². The lowest BCUT2D eigenvalue weighted by Crippen LogP contribution is -2.45. The summed E-state index contributed by atoms with van der Waals surface area (Å²) in [5.41, 5.74) is 1.62. The second kappa shape index (κ2) is 1.42. The van der Waals surface area contributed by atoms with Gasteiger partial charge in [0.15, 0.2) is 0 Å². The Morgan fingerprint density at radius 2 is 1.40 bits per heavy atom. The lowest BCUT2D eigenvalue weighted by Gasteiger charge is -2.50. The maximum Gasteiger partial charge on any atom is 0.00139 e. The molecule has 3 fully saturated rings. The van der Waals surface area contributed by atoms with Crippen molar-refractivity contribution in [3.8, 4) is 0 Å². The maximum atomic E-state index is 3.57. The van der Waals surface area contributed by atoms with E-state index in [4.69, 9.17) is 0 Å². The molecule has 0 bridgehead atoms. The summed E-state index contributed by atoms with van der Waals surface area (Å²) in [7, 11) is 0. The van der Waals surface area contributed by atoms with Gasteiger partial charge in [-0.15, -0.1) is 0 Å². The van der Waals surface area contributed by atoms with Gasteiger partial charge in [-0.25, -0.2) is 0 Å². The van der Waals surface area contributed by atoms with E-state index in [-0.39, 0.29) is 0 Å². The molecule has 2 unspecified atom stereocenters. The van der Waals surface area contributed by atoms with Crippen LogP contribution in [0.5, 0.6) is 0 Å². The normalized spacial score (nSPS) is 57.6. The van der Waals surface area contributed by atoms with Crippen molar-refractivity contribution in [3.05, 3.63) is 0 Å². The lowest BCUT2D eigenvalue weighted by molar-refractivity contribution is 0.00430. The highest BCUT2D eigenvalue weighted by molar-refractivity contribution is 5.15. The van der Waals surface area contributed by atoms with E-state index < -0.39 is 0 Å². The molecule has 1 N–H and O–H groups in total. The lowest BCUT2D eigenvalue weighted by atomic mass is 9.53. The van der Waals surface area contributed by atoms with Crippen molar-refractivity contribution in [2.45, 2.75) is 32.1 Å². The Hall–Kier alpha value is -0.0400. The molecule has 0 spiro atoms. The summed E-state index contributed by atoms with van der Waals surface area (Å²) in [5.74, 6) is 0. The molecular formula is C9H15N. The van der Waals surface area contributed by atoms with Crippen LogP contribution in [0.25, 0.3) is 0 Å². The van der Waals surface area contributed by atoms with E-state index >= 15 is 0 Å². The van der Waals surface area contributed by atoms with Gasteiger partial charge in [-0.05, 0) is 36.5 Å². The molecule has 0 amide bonds. The van der Waals surface area contributed by atoms with Gasteiger partial charge in [0.05, 0.1) is 0 Å². The van der Waals surface area contributed by atoms with E-state index in [9.17, 15) is 0 Å². The smallest absolute Gasteiger partial charge is 0.00139 e. The molecule has 1 nitrogen and oxygen atoms in total. The Morgan fingerprint density at radius 1 is 0.800 bits per heavy atom. The Bertz CT molecular complexity index is 146. The zero-order valence-corrected chi connectivity index (χ0v) is 6.45. The molecule has 0 aromatic heterocycles. The van der Waals surface area contributed by atoms with Crippen molar-refractivity contribution in [3.63, 3.8) is 0 Å². The van der Waals surface area contributed by atoms with Gasteiger partial charge in [0.1, 0.15) is 0 Å². The second-order valence-electron chi connectivity index (χ2n) is 4.52. The molecule has 3 rings (SSSR count). The third kappa shape index (κ3) is 0.378. The molecule has 1 heteroatoms. The van der Waals surface area contributed by atoms with Gasteiger partial charge in [0, 0.05) is 13.1 Å². The summed E-state index contributed by atoms with van der Waals surface area (Å²) in [4.78, 5) is 0. The summed E-state index contributed by atoms with van der Waals surface area (Å²) in [6.07, 6.45) is 7.63. The van der Waals surface area contributed by atoms with Gasteiger partial charge in [-0.2, -0.15) is 0 Å². The van der Waals surface area contributed by atoms with Crippen LogP contribution in [0.1, 0.15) is 32.1 Å². The largest absolute Gasteiger partial charge is 0.316 e. The minimum Gasteiger partial charge on any atom is -0.316 e. The van der Waals surface area contributed by atoms with Crippen molar-refractivity contribution in [2.75, 3.05) is 13.1 Å². The van der Waals surface area contributed by atoms with Crippen LogP contribution < -0.4 is 5.32 Å². The van der Waals surface area contributed by atoms with Crippen LogP contribution in [0.15, 0.2) is 0 Å². The number of hydrogen-bond donors (Lipinski definition) is 1. The third-order valence-corrected chi connectivity index (χ3v) is 4.44. The van der Waals surface area contributed by atoms with Crippen molar-refractivity contribution in [1.82, 2.24) is 5.32 Å². The van der Waals surface area contributed by atoms with Gasteiger partial charge in [-0.3, -0.25) is 0 Å². The summed E-state index contributed by atoms with van der Waals surface area (Å²) in [6.45, 7) is 2.68. The SMILES string of the molecule is C1CC23CCC2(C1)CNC3. The predicted molar refractivity (Wildman–Crippen MR) is 40.8 cm³/mol. The average Bonchev–Trinajstić information content (AvgIpc) is 2.16. The molecule has 2 saturated carbocycles. The molecule has 2 atom stereocenters. The van der Waals surface area contributed by atoms with E-state index in [2.05, 4.69) is 5.32 Å². The number of hydrogen-bond acceptors (Lipinski definition) is 1. The van der Waals surface area contributed by atoms with Gasteiger partial charge in [-0.1, -0.05) is 6.42 Å². The molecule has 0 radical (unpaired) electrons. The first kappa shape index (κ1) is 5.59. The first-order valence-electron chi connectivity index (χ1n) is 4.58. The summed E-state index contributed by atoms with van der Waals surface area (Å²) in [6, 6.07) is 0. The zero-order chi connectivity index (χ0) is 6.66. The molecule has 1 saturated heterocycles. The summed E-state index contributed by atoms with van der Waals surface area (Å²) < 4.78 is 0. The first-order valence-corrected chi connectivity index (χ1v) is 4.58. The highest BCUT2D eigenvalue weighted by Crippen LogP contribution is 2.68. The Labute approximate surface area is 62.2 Å². The molecule has 3 aliphatic rings. The minimum absolute atomic E-state index is 0.812. The van der Waals surface area contributed by atoms with E-state index in [0.29, 0.717) is 0 Å². The predicted octanol–water partition coefficient (Wildman–Crippen LogP) is 1.54. The molecular weight excluding hydrogens is 122 g/mol. The van der Waals surface area contributed by atoms with Gasteiger partial charge in [0.25, 0.3) is 0 Å². The topological polar surface area (TPSA) is 12.0 Å². The molecule has 2 aliphatic carbocycles. The summed E-state index contributed by atoms with van der Waals surface area (Å²) >= 11 is 0. The fraction of sp³-hybridized carbons (Fsp3) is 1.00. The fourth-order valence-corrected chi connectivity index (χ4v) is 3.65. The monoisotopic (exact) mass is 137 g/mol. The molecule has 56 valence electrons. The van der Waals surface area contributed by atoms with Crippen LogP contribution in [-0.4, -0.2) is 13.1 Å². The second-order valence-corrected chi connectivity index (χ2v) is 4.52. The molecule has 0 aromatic carbocycles. The third-order valence-electron chi connectivity index (χ3n) is 4.44. The standard InChI is InChI=1S/C9H15N/c1-2-8-4-5-9(8,3-1)7-10-6-8/h10H,1-7H2. The van der Waals surface area contributed by atoms with E-state index in [1.54, 1.807) is 0 Å². The van der Waals surface area contributed by atoms with Crippen LogP contribution in [-0.2, 0) is 0 Å². The van der Waals surface area contributed by atoms with Gasteiger partial charge < -0.3 is 5.32 Å². The molecule has 0 aromatic rings. The number of nitrogens with one attached hydrogen (secondary N) is 1. The van der Waals surface area contributed by atoms with Gasteiger partial charge >= 0.3 is 0 Å². The van der Waals surface area contributed by atoms with Crippen LogP contribution in [0, 0.1) is 10.8 Å². The van der Waals surface area contributed by atoms with Gasteiger partial charge in [0.2, 0.25) is 0 Å². The molecule has 10 heavy (non-hydrogen) atoms. The van der Waals surface area contributed by atoms with E-state index in [1.807, 2.05) is 0 Å². The molecule has 1 aliphatic heterocycles. The first-order chi connectivity index (χ1) is 4.87. The Balaban J connectivity index is 2.05. The summed E-state index contributed by atoms with van der Waals surface area (Å²) in [5, 5.41) is 3.57.